The lowest BCUT2D eigenvalue weighted by Gasteiger charge is -2.16. The van der Waals surface area contributed by atoms with Crippen LogP contribution in [0.5, 0.6) is 5.75 Å². The van der Waals surface area contributed by atoms with Crippen molar-refractivity contribution in [2.24, 2.45) is 0 Å². The van der Waals surface area contributed by atoms with Crippen LogP contribution >= 0.6 is 27.3 Å². The minimum absolute atomic E-state index is 0.212. The third-order valence-corrected chi connectivity index (χ3v) is 4.36. The summed E-state index contributed by atoms with van der Waals surface area (Å²) in [5, 5.41) is 5.39. The number of thiophene rings is 1. The molecule has 6 heteroatoms. The van der Waals surface area contributed by atoms with Crippen molar-refractivity contribution in [3.8, 4) is 5.75 Å². The number of hydrogen-bond donors (Lipinski definition) is 1. The molecule has 0 radical (unpaired) electrons. The van der Waals surface area contributed by atoms with Gasteiger partial charge < -0.3 is 10.1 Å². The van der Waals surface area contributed by atoms with Crippen LogP contribution in [0.15, 0.2) is 40.2 Å². The van der Waals surface area contributed by atoms with Crippen LogP contribution in [-0.2, 0) is 13.0 Å². The van der Waals surface area contributed by atoms with E-state index in [2.05, 4.69) is 39.0 Å². The average Bonchev–Trinajstić information content (AvgIpc) is 2.91. The third-order valence-electron chi connectivity index (χ3n) is 2.97. The molecule has 114 valence electrons. The van der Waals surface area contributed by atoms with Crippen molar-refractivity contribution in [1.29, 1.82) is 0 Å². The van der Waals surface area contributed by atoms with Crippen LogP contribution in [-0.4, -0.2) is 12.7 Å². The monoisotopic (exact) mass is 375 g/mol. The third kappa shape index (κ3) is 5.37. The van der Waals surface area contributed by atoms with E-state index >= 15 is 0 Å². The van der Waals surface area contributed by atoms with Crippen molar-refractivity contribution < 1.29 is 13.5 Å². The molecule has 1 atom stereocenters. The molecule has 0 bridgehead atoms. The number of ether oxygens (including phenoxy) is 1. The second-order valence-corrected chi connectivity index (χ2v) is 6.64. The maximum absolute atomic E-state index is 12.4. The van der Waals surface area contributed by atoms with Crippen molar-refractivity contribution in [2.75, 3.05) is 0 Å². The molecule has 0 amide bonds. The molecule has 1 aromatic heterocycles. The van der Waals surface area contributed by atoms with E-state index in [4.69, 9.17) is 0 Å². The first-order chi connectivity index (χ1) is 10.0. The Bertz CT molecular complexity index is 563. The molecule has 2 aromatic rings. The highest BCUT2D eigenvalue weighted by atomic mass is 79.9. The van der Waals surface area contributed by atoms with Gasteiger partial charge in [-0.1, -0.05) is 22.0 Å². The van der Waals surface area contributed by atoms with E-state index in [0.29, 0.717) is 12.1 Å². The Balaban J connectivity index is 1.96. The zero-order valence-electron chi connectivity index (χ0n) is 11.5. The molecule has 1 N–H and O–H groups in total. The van der Waals surface area contributed by atoms with Crippen molar-refractivity contribution in [3.63, 3.8) is 0 Å². The van der Waals surface area contributed by atoms with Gasteiger partial charge in [-0.3, -0.25) is 0 Å². The lowest BCUT2D eigenvalue weighted by atomic mass is 10.1. The molecule has 2 rings (SSSR count). The quantitative estimate of drug-likeness (QED) is 0.747. The van der Waals surface area contributed by atoms with E-state index in [0.717, 1.165) is 10.9 Å². The Labute approximate surface area is 135 Å². The standard InChI is InChI=1S/C15H16BrF2NOS/c1-10(7-13-3-2-6-21-13)19-9-11-8-12(16)4-5-14(11)20-15(17)18/h2-6,8,10,15,19H,7,9H2,1H3. The van der Waals surface area contributed by atoms with Gasteiger partial charge in [0.05, 0.1) is 0 Å². The molecule has 2 nitrogen and oxygen atoms in total. The molecule has 0 spiro atoms. The number of hydrogen-bond acceptors (Lipinski definition) is 3. The van der Waals surface area contributed by atoms with Crippen LogP contribution in [0.3, 0.4) is 0 Å². The summed E-state index contributed by atoms with van der Waals surface area (Å²) in [6.45, 7) is -0.257. The van der Waals surface area contributed by atoms with E-state index in [-0.39, 0.29) is 11.8 Å². The molecule has 0 saturated heterocycles. The molecule has 0 saturated carbocycles. The van der Waals surface area contributed by atoms with Gasteiger partial charge in [0.1, 0.15) is 5.75 Å². The minimum atomic E-state index is -2.81. The first-order valence-electron chi connectivity index (χ1n) is 6.53. The summed E-state index contributed by atoms with van der Waals surface area (Å²) in [5.74, 6) is 0.212. The van der Waals surface area contributed by atoms with E-state index in [1.807, 2.05) is 11.4 Å². The van der Waals surface area contributed by atoms with Gasteiger partial charge in [0.2, 0.25) is 0 Å². The molecular formula is C15H16BrF2NOS. The minimum Gasteiger partial charge on any atom is -0.434 e. The first kappa shape index (κ1) is 16.4. The fourth-order valence-corrected chi connectivity index (χ4v) is 3.23. The number of benzene rings is 1. The van der Waals surface area contributed by atoms with Gasteiger partial charge >= 0.3 is 6.61 Å². The summed E-state index contributed by atoms with van der Waals surface area (Å²) >= 11 is 5.06. The van der Waals surface area contributed by atoms with Crippen LogP contribution in [0.1, 0.15) is 17.4 Å². The maximum atomic E-state index is 12.4. The van der Waals surface area contributed by atoms with Gasteiger partial charge in [0.15, 0.2) is 0 Å². The predicted molar refractivity (Wildman–Crippen MR) is 85.1 cm³/mol. The van der Waals surface area contributed by atoms with Gasteiger partial charge in [0.25, 0.3) is 0 Å². The predicted octanol–water partition coefficient (Wildman–Crippen LogP) is 4.83. The Morgan fingerprint density at radius 2 is 2.14 bits per heavy atom. The maximum Gasteiger partial charge on any atom is 0.387 e. The molecule has 1 aromatic carbocycles. The number of nitrogens with one attached hydrogen (secondary N) is 1. The summed E-state index contributed by atoms with van der Waals surface area (Å²) in [4.78, 5) is 1.30. The molecule has 0 aliphatic carbocycles. The van der Waals surface area contributed by atoms with Crippen LogP contribution in [0.2, 0.25) is 0 Å². The molecule has 1 unspecified atom stereocenters. The topological polar surface area (TPSA) is 21.3 Å². The zero-order valence-corrected chi connectivity index (χ0v) is 13.9. The van der Waals surface area contributed by atoms with E-state index < -0.39 is 6.61 Å². The summed E-state index contributed by atoms with van der Waals surface area (Å²) in [5.41, 5.74) is 0.711. The molecule has 0 aliphatic rings. The van der Waals surface area contributed by atoms with Crippen LogP contribution in [0.25, 0.3) is 0 Å². The highest BCUT2D eigenvalue weighted by molar-refractivity contribution is 9.10. The van der Waals surface area contributed by atoms with E-state index in [9.17, 15) is 8.78 Å². The highest BCUT2D eigenvalue weighted by Crippen LogP contribution is 2.25. The van der Waals surface area contributed by atoms with Gasteiger partial charge in [-0.15, -0.1) is 11.3 Å². The lowest BCUT2D eigenvalue weighted by Crippen LogP contribution is -2.27. The van der Waals surface area contributed by atoms with Gasteiger partial charge in [-0.05, 0) is 43.0 Å². The Morgan fingerprint density at radius 3 is 2.81 bits per heavy atom. The Morgan fingerprint density at radius 1 is 1.33 bits per heavy atom. The Hall–Kier alpha value is -0.980. The first-order valence-corrected chi connectivity index (χ1v) is 8.21. The van der Waals surface area contributed by atoms with Gasteiger partial charge in [-0.25, -0.2) is 0 Å². The number of alkyl halides is 2. The van der Waals surface area contributed by atoms with E-state index in [1.54, 1.807) is 29.5 Å². The number of rotatable bonds is 7. The Kier molecular flexibility index (Phi) is 6.14. The SMILES string of the molecule is CC(Cc1cccs1)NCc1cc(Br)ccc1OC(F)F. The average molecular weight is 376 g/mol. The second-order valence-electron chi connectivity index (χ2n) is 4.70. The van der Waals surface area contributed by atoms with Gasteiger partial charge in [-0.2, -0.15) is 8.78 Å². The van der Waals surface area contributed by atoms with Crippen LogP contribution in [0, 0.1) is 0 Å². The molecular weight excluding hydrogens is 360 g/mol. The smallest absolute Gasteiger partial charge is 0.387 e. The second kappa shape index (κ2) is 7.87. The van der Waals surface area contributed by atoms with Crippen molar-refractivity contribution >= 4 is 27.3 Å². The van der Waals surface area contributed by atoms with E-state index in [1.165, 1.54) is 4.88 Å². The van der Waals surface area contributed by atoms with Crippen LogP contribution < -0.4 is 10.1 Å². The van der Waals surface area contributed by atoms with Crippen molar-refractivity contribution in [1.82, 2.24) is 5.32 Å². The molecule has 0 aliphatic heterocycles. The van der Waals surface area contributed by atoms with Gasteiger partial charge in [0, 0.05) is 27.5 Å². The largest absolute Gasteiger partial charge is 0.434 e. The lowest BCUT2D eigenvalue weighted by molar-refractivity contribution is -0.0505. The fraction of sp³-hybridized carbons (Fsp3) is 0.333. The summed E-state index contributed by atoms with van der Waals surface area (Å²) in [7, 11) is 0. The normalized spacial score (nSPS) is 12.6. The summed E-state index contributed by atoms with van der Waals surface area (Å²) < 4.78 is 30.2. The van der Waals surface area contributed by atoms with Crippen LogP contribution in [0.4, 0.5) is 8.78 Å². The number of halogens is 3. The summed E-state index contributed by atoms with van der Waals surface area (Å²) in [6, 6.07) is 9.40. The highest BCUT2D eigenvalue weighted by Gasteiger charge is 2.11. The van der Waals surface area contributed by atoms with Crippen molar-refractivity contribution in [2.45, 2.75) is 32.5 Å². The zero-order chi connectivity index (χ0) is 15.2. The summed E-state index contributed by atoms with van der Waals surface area (Å²) in [6.07, 6.45) is 0.913. The molecule has 21 heavy (non-hydrogen) atoms. The molecule has 0 fully saturated rings. The fourth-order valence-electron chi connectivity index (χ4n) is 1.98. The van der Waals surface area contributed by atoms with Crippen molar-refractivity contribution in [3.05, 3.63) is 50.6 Å². The molecule has 1 heterocycles.